The van der Waals surface area contributed by atoms with Crippen molar-refractivity contribution in [2.45, 2.75) is 25.8 Å². The number of halogens is 2. The third kappa shape index (κ3) is 2.91. The lowest BCUT2D eigenvalue weighted by molar-refractivity contribution is -0.149. The molecule has 2 rings (SSSR count). The second kappa shape index (κ2) is 6.02. The third-order valence-corrected chi connectivity index (χ3v) is 4.37. The quantitative estimate of drug-likeness (QED) is 0.933. The van der Waals surface area contributed by atoms with E-state index in [-0.39, 0.29) is 18.2 Å². The second-order valence-electron chi connectivity index (χ2n) is 5.01. The summed E-state index contributed by atoms with van der Waals surface area (Å²) in [6.07, 6.45) is 0.716. The standard InChI is InChI=1S/C14H15Cl2NO3/c1-8-5-6-17(13(8)14(19)20)12(18)7-9-10(15)3-2-4-11(9)16/h2-4,8,13H,5-7H2,1H3,(H,19,20). The molecule has 1 saturated heterocycles. The highest BCUT2D eigenvalue weighted by molar-refractivity contribution is 6.36. The fourth-order valence-electron chi connectivity index (χ4n) is 2.56. The normalized spacial score (nSPS) is 22.1. The summed E-state index contributed by atoms with van der Waals surface area (Å²) in [6, 6.07) is 4.27. The van der Waals surface area contributed by atoms with Gasteiger partial charge in [0.1, 0.15) is 6.04 Å². The topological polar surface area (TPSA) is 57.6 Å². The summed E-state index contributed by atoms with van der Waals surface area (Å²) < 4.78 is 0. The van der Waals surface area contributed by atoms with Gasteiger partial charge in [-0.05, 0) is 30.0 Å². The summed E-state index contributed by atoms with van der Waals surface area (Å²) in [5, 5.41) is 10.1. The van der Waals surface area contributed by atoms with E-state index in [1.54, 1.807) is 18.2 Å². The van der Waals surface area contributed by atoms with Crippen LogP contribution in [0.1, 0.15) is 18.9 Å². The zero-order valence-electron chi connectivity index (χ0n) is 11.0. The Balaban J connectivity index is 2.18. The van der Waals surface area contributed by atoms with Crippen LogP contribution in [0.5, 0.6) is 0 Å². The number of rotatable bonds is 3. The van der Waals surface area contributed by atoms with Gasteiger partial charge in [0.15, 0.2) is 0 Å². The van der Waals surface area contributed by atoms with Crippen molar-refractivity contribution >= 4 is 35.1 Å². The lowest BCUT2D eigenvalue weighted by Crippen LogP contribution is -2.43. The van der Waals surface area contributed by atoms with Crippen molar-refractivity contribution in [3.8, 4) is 0 Å². The molecule has 1 aromatic rings. The van der Waals surface area contributed by atoms with Crippen LogP contribution in [0.4, 0.5) is 0 Å². The van der Waals surface area contributed by atoms with Crippen LogP contribution in [-0.2, 0) is 16.0 Å². The highest BCUT2D eigenvalue weighted by atomic mass is 35.5. The molecule has 0 aromatic heterocycles. The van der Waals surface area contributed by atoms with E-state index in [4.69, 9.17) is 23.2 Å². The maximum atomic E-state index is 12.3. The molecule has 0 spiro atoms. The van der Waals surface area contributed by atoms with E-state index >= 15 is 0 Å². The minimum absolute atomic E-state index is 0.0228. The Morgan fingerprint density at radius 1 is 1.35 bits per heavy atom. The number of benzene rings is 1. The summed E-state index contributed by atoms with van der Waals surface area (Å²) in [4.78, 5) is 25.0. The van der Waals surface area contributed by atoms with Gasteiger partial charge in [-0.3, -0.25) is 4.79 Å². The zero-order chi connectivity index (χ0) is 14.9. The molecule has 20 heavy (non-hydrogen) atoms. The first-order valence-corrected chi connectivity index (χ1v) is 7.12. The lowest BCUT2D eigenvalue weighted by Gasteiger charge is -2.23. The molecule has 1 aromatic carbocycles. The van der Waals surface area contributed by atoms with Crippen LogP contribution < -0.4 is 0 Å². The number of aliphatic carboxylic acids is 1. The largest absolute Gasteiger partial charge is 0.480 e. The Labute approximate surface area is 127 Å². The van der Waals surface area contributed by atoms with Gasteiger partial charge in [-0.25, -0.2) is 4.79 Å². The van der Waals surface area contributed by atoms with Crippen molar-refractivity contribution in [1.82, 2.24) is 4.90 Å². The first-order valence-electron chi connectivity index (χ1n) is 6.37. The molecule has 1 amide bonds. The minimum Gasteiger partial charge on any atom is -0.480 e. The zero-order valence-corrected chi connectivity index (χ0v) is 12.5. The first-order chi connectivity index (χ1) is 9.41. The van der Waals surface area contributed by atoms with Gasteiger partial charge in [-0.15, -0.1) is 0 Å². The van der Waals surface area contributed by atoms with Crippen LogP contribution in [0.15, 0.2) is 18.2 Å². The number of hydrogen-bond donors (Lipinski definition) is 1. The van der Waals surface area contributed by atoms with Gasteiger partial charge in [-0.1, -0.05) is 36.2 Å². The Kier molecular flexibility index (Phi) is 4.55. The fourth-order valence-corrected chi connectivity index (χ4v) is 3.09. The number of hydrogen-bond acceptors (Lipinski definition) is 2. The van der Waals surface area contributed by atoms with E-state index in [1.165, 1.54) is 4.90 Å². The van der Waals surface area contributed by atoms with Gasteiger partial charge in [-0.2, -0.15) is 0 Å². The number of carbonyl (C=O) groups excluding carboxylic acids is 1. The molecule has 1 aliphatic rings. The average molecular weight is 316 g/mol. The Bertz CT molecular complexity index is 527. The molecule has 1 fully saturated rings. The first kappa shape index (κ1) is 15.1. The van der Waals surface area contributed by atoms with Crippen LogP contribution in [0, 0.1) is 5.92 Å². The molecule has 6 heteroatoms. The number of nitrogens with zero attached hydrogens (tertiary/aromatic N) is 1. The Morgan fingerprint density at radius 2 is 1.95 bits per heavy atom. The molecule has 0 saturated carbocycles. The van der Waals surface area contributed by atoms with Crippen LogP contribution in [0.25, 0.3) is 0 Å². The molecular formula is C14H15Cl2NO3. The predicted octanol–water partition coefficient (Wildman–Crippen LogP) is 2.86. The highest BCUT2D eigenvalue weighted by Gasteiger charge is 2.39. The number of carboxylic acid groups (broad SMARTS) is 1. The molecule has 2 unspecified atom stereocenters. The predicted molar refractivity (Wildman–Crippen MR) is 77.1 cm³/mol. The van der Waals surface area contributed by atoms with Gasteiger partial charge in [0.05, 0.1) is 6.42 Å². The maximum Gasteiger partial charge on any atom is 0.326 e. The molecule has 0 radical (unpaired) electrons. The summed E-state index contributed by atoms with van der Waals surface area (Å²) in [6.45, 7) is 2.30. The second-order valence-corrected chi connectivity index (χ2v) is 5.83. The Morgan fingerprint density at radius 3 is 2.50 bits per heavy atom. The number of likely N-dealkylation sites (tertiary alicyclic amines) is 1. The Hall–Kier alpha value is -1.26. The third-order valence-electron chi connectivity index (χ3n) is 3.66. The lowest BCUT2D eigenvalue weighted by atomic mass is 10.0. The van der Waals surface area contributed by atoms with Crippen molar-refractivity contribution in [1.29, 1.82) is 0 Å². The number of carboxylic acids is 1. The molecule has 2 atom stereocenters. The van der Waals surface area contributed by atoms with E-state index in [0.717, 1.165) is 0 Å². The fraction of sp³-hybridized carbons (Fsp3) is 0.429. The van der Waals surface area contributed by atoms with Crippen LogP contribution in [0.2, 0.25) is 10.0 Å². The van der Waals surface area contributed by atoms with Gasteiger partial charge in [0.2, 0.25) is 5.91 Å². The molecule has 1 N–H and O–H groups in total. The summed E-state index contributed by atoms with van der Waals surface area (Å²) in [5.41, 5.74) is 0.546. The molecule has 0 aliphatic carbocycles. The van der Waals surface area contributed by atoms with E-state index in [0.29, 0.717) is 28.6 Å². The van der Waals surface area contributed by atoms with E-state index in [9.17, 15) is 14.7 Å². The average Bonchev–Trinajstić information content (AvgIpc) is 2.76. The van der Waals surface area contributed by atoms with Crippen LogP contribution >= 0.6 is 23.2 Å². The smallest absolute Gasteiger partial charge is 0.326 e. The molecule has 4 nitrogen and oxygen atoms in total. The van der Waals surface area contributed by atoms with Crippen molar-refractivity contribution in [2.24, 2.45) is 5.92 Å². The van der Waals surface area contributed by atoms with E-state index in [1.807, 2.05) is 6.92 Å². The van der Waals surface area contributed by atoms with E-state index < -0.39 is 12.0 Å². The van der Waals surface area contributed by atoms with E-state index in [2.05, 4.69) is 0 Å². The molecule has 108 valence electrons. The van der Waals surface area contributed by atoms with Gasteiger partial charge < -0.3 is 10.0 Å². The van der Waals surface area contributed by atoms with Gasteiger partial charge in [0.25, 0.3) is 0 Å². The van der Waals surface area contributed by atoms with Crippen molar-refractivity contribution in [2.75, 3.05) is 6.54 Å². The highest BCUT2D eigenvalue weighted by Crippen LogP contribution is 2.28. The van der Waals surface area contributed by atoms with Crippen molar-refractivity contribution in [3.63, 3.8) is 0 Å². The monoisotopic (exact) mass is 315 g/mol. The van der Waals surface area contributed by atoms with Crippen LogP contribution in [-0.4, -0.2) is 34.5 Å². The molecule has 1 aliphatic heterocycles. The summed E-state index contributed by atoms with van der Waals surface area (Å²) in [5.74, 6) is -1.26. The SMILES string of the molecule is CC1CCN(C(=O)Cc2c(Cl)cccc2Cl)C1C(=O)O. The summed E-state index contributed by atoms with van der Waals surface area (Å²) in [7, 11) is 0. The molecular weight excluding hydrogens is 301 g/mol. The van der Waals surface area contributed by atoms with Gasteiger partial charge >= 0.3 is 5.97 Å². The maximum absolute atomic E-state index is 12.3. The molecule has 0 bridgehead atoms. The minimum atomic E-state index is -0.964. The summed E-state index contributed by atoms with van der Waals surface area (Å²) >= 11 is 12.1. The van der Waals surface area contributed by atoms with Gasteiger partial charge in [0, 0.05) is 16.6 Å². The van der Waals surface area contributed by atoms with Crippen molar-refractivity contribution in [3.05, 3.63) is 33.8 Å². The van der Waals surface area contributed by atoms with Crippen LogP contribution in [0.3, 0.4) is 0 Å². The van der Waals surface area contributed by atoms with Crippen molar-refractivity contribution < 1.29 is 14.7 Å². The molecule has 1 heterocycles. The number of carbonyl (C=O) groups is 2. The number of amides is 1.